The maximum Gasteiger partial charge on any atom is 0.494 e. The van der Waals surface area contributed by atoms with Crippen molar-refractivity contribution in [1.29, 1.82) is 0 Å². The highest BCUT2D eigenvalue weighted by atomic mass is 19.3. The first-order valence-electron chi connectivity index (χ1n) is 8.78. The molecule has 1 fully saturated rings. The third kappa shape index (κ3) is 4.60. The monoisotopic (exact) mass is 376 g/mol. The van der Waals surface area contributed by atoms with E-state index >= 15 is 0 Å². The highest BCUT2D eigenvalue weighted by Crippen LogP contribution is 2.36. The third-order valence-corrected chi connectivity index (χ3v) is 4.96. The van der Waals surface area contributed by atoms with Crippen molar-refractivity contribution in [3.8, 4) is 11.5 Å². The topological polar surface area (TPSA) is 36.9 Å². The number of halogens is 2. The average molecular weight is 376 g/mol. The fourth-order valence-corrected chi connectivity index (χ4v) is 2.63. The van der Waals surface area contributed by atoms with Crippen molar-refractivity contribution in [2.24, 2.45) is 0 Å². The van der Waals surface area contributed by atoms with Gasteiger partial charge in [0.1, 0.15) is 18.1 Å². The first-order valence-corrected chi connectivity index (χ1v) is 8.78. The van der Waals surface area contributed by atoms with E-state index in [1.807, 2.05) is 52.0 Å². The zero-order valence-corrected chi connectivity index (χ0v) is 15.9. The van der Waals surface area contributed by atoms with Gasteiger partial charge in [0.25, 0.3) is 0 Å². The number of alkyl halides is 2. The van der Waals surface area contributed by atoms with E-state index in [9.17, 15) is 8.78 Å². The minimum absolute atomic E-state index is 0.125. The summed E-state index contributed by atoms with van der Waals surface area (Å²) in [5.74, 6) is 0.823. The molecular formula is C20H23BF2O4. The maximum atomic E-state index is 12.2. The molecule has 4 nitrogen and oxygen atoms in total. The minimum Gasteiger partial charge on any atom is -0.489 e. The molecule has 3 rings (SSSR count). The van der Waals surface area contributed by atoms with E-state index in [0.29, 0.717) is 12.4 Å². The van der Waals surface area contributed by atoms with Crippen molar-refractivity contribution >= 4 is 12.6 Å². The van der Waals surface area contributed by atoms with Crippen LogP contribution < -0.4 is 14.9 Å². The second-order valence-corrected chi connectivity index (χ2v) is 7.47. The van der Waals surface area contributed by atoms with Crippen molar-refractivity contribution in [2.45, 2.75) is 52.1 Å². The van der Waals surface area contributed by atoms with Crippen molar-refractivity contribution in [2.75, 3.05) is 0 Å². The molecule has 27 heavy (non-hydrogen) atoms. The van der Waals surface area contributed by atoms with Crippen LogP contribution in [-0.2, 0) is 15.9 Å². The van der Waals surface area contributed by atoms with Crippen LogP contribution in [0.4, 0.5) is 8.78 Å². The molecular weight excluding hydrogens is 353 g/mol. The Kier molecular flexibility index (Phi) is 5.44. The van der Waals surface area contributed by atoms with Crippen LogP contribution in [0, 0.1) is 0 Å². The molecule has 0 N–H and O–H groups in total. The third-order valence-electron chi connectivity index (χ3n) is 4.96. The summed E-state index contributed by atoms with van der Waals surface area (Å²) in [6.45, 7) is 5.56. The molecule has 0 saturated carbocycles. The van der Waals surface area contributed by atoms with Crippen LogP contribution in [0.1, 0.15) is 33.3 Å². The Balaban J connectivity index is 1.57. The smallest absolute Gasteiger partial charge is 0.489 e. The van der Waals surface area contributed by atoms with Crippen LogP contribution in [0.25, 0.3) is 0 Å². The molecule has 0 radical (unpaired) electrons. The molecule has 1 aliphatic heterocycles. The number of hydrogen-bond donors (Lipinski definition) is 0. The normalized spacial score (nSPS) is 18.0. The van der Waals surface area contributed by atoms with Gasteiger partial charge in [0.15, 0.2) is 0 Å². The molecule has 0 aliphatic carbocycles. The first kappa shape index (κ1) is 19.6. The Morgan fingerprint density at radius 1 is 0.852 bits per heavy atom. The van der Waals surface area contributed by atoms with Gasteiger partial charge in [0, 0.05) is 0 Å². The Labute approximate surface area is 158 Å². The molecule has 144 valence electrons. The lowest BCUT2D eigenvalue weighted by Gasteiger charge is -2.32. The van der Waals surface area contributed by atoms with E-state index in [2.05, 4.69) is 4.74 Å². The summed E-state index contributed by atoms with van der Waals surface area (Å²) in [7, 11) is -0.411. The molecule has 1 heterocycles. The summed E-state index contributed by atoms with van der Waals surface area (Å²) in [4.78, 5) is 0. The number of ether oxygens (including phenoxy) is 2. The minimum atomic E-state index is -2.82. The van der Waals surface area contributed by atoms with E-state index in [1.165, 1.54) is 12.1 Å². The molecule has 1 aliphatic rings. The van der Waals surface area contributed by atoms with Gasteiger partial charge in [0.05, 0.1) is 11.2 Å². The molecule has 2 aromatic carbocycles. The molecule has 2 aromatic rings. The Hall–Kier alpha value is -2.12. The molecule has 0 bridgehead atoms. The predicted octanol–water partition coefficient (Wildman–Crippen LogP) is 4.17. The van der Waals surface area contributed by atoms with E-state index in [4.69, 9.17) is 14.0 Å². The highest BCUT2D eigenvalue weighted by Gasteiger charge is 2.51. The Bertz CT molecular complexity index is 745. The number of hydrogen-bond acceptors (Lipinski definition) is 4. The van der Waals surface area contributed by atoms with Gasteiger partial charge in [-0.15, -0.1) is 0 Å². The molecule has 0 amide bonds. The average Bonchev–Trinajstić information content (AvgIpc) is 2.82. The van der Waals surface area contributed by atoms with E-state index in [-0.39, 0.29) is 17.0 Å². The zero-order valence-electron chi connectivity index (χ0n) is 15.9. The fourth-order valence-electron chi connectivity index (χ4n) is 2.63. The molecule has 7 heteroatoms. The van der Waals surface area contributed by atoms with Gasteiger partial charge in [0.2, 0.25) is 0 Å². The maximum absolute atomic E-state index is 12.2. The quantitative estimate of drug-likeness (QED) is 0.710. The summed E-state index contributed by atoms with van der Waals surface area (Å²) in [6, 6.07) is 13.9. The summed E-state index contributed by atoms with van der Waals surface area (Å²) in [6.07, 6.45) is 0. The van der Waals surface area contributed by atoms with Gasteiger partial charge >= 0.3 is 13.7 Å². The molecule has 0 unspecified atom stereocenters. The van der Waals surface area contributed by atoms with Crippen molar-refractivity contribution < 1.29 is 27.6 Å². The zero-order chi connectivity index (χ0) is 19.7. The van der Waals surface area contributed by atoms with E-state index < -0.39 is 13.7 Å². The van der Waals surface area contributed by atoms with Crippen molar-refractivity contribution in [1.82, 2.24) is 0 Å². The second-order valence-electron chi connectivity index (χ2n) is 7.47. The van der Waals surface area contributed by atoms with Crippen LogP contribution in [0.2, 0.25) is 0 Å². The predicted molar refractivity (Wildman–Crippen MR) is 99.6 cm³/mol. The van der Waals surface area contributed by atoms with E-state index in [1.54, 1.807) is 12.1 Å². The molecule has 0 spiro atoms. The SMILES string of the molecule is CC1(C)OB(c2ccc(OCc3ccc(OC(F)F)cc3)cc2)OC1(C)C. The Morgan fingerprint density at radius 3 is 1.89 bits per heavy atom. The second kappa shape index (κ2) is 7.48. The van der Waals surface area contributed by atoms with Crippen LogP contribution in [0.5, 0.6) is 11.5 Å². The largest absolute Gasteiger partial charge is 0.494 e. The van der Waals surface area contributed by atoms with Gasteiger partial charge in [-0.25, -0.2) is 0 Å². The van der Waals surface area contributed by atoms with Gasteiger partial charge in [-0.2, -0.15) is 8.78 Å². The van der Waals surface area contributed by atoms with Crippen molar-refractivity contribution in [3.63, 3.8) is 0 Å². The van der Waals surface area contributed by atoms with Gasteiger partial charge in [-0.3, -0.25) is 0 Å². The first-order chi connectivity index (χ1) is 12.7. The molecule has 1 saturated heterocycles. The molecule has 0 aromatic heterocycles. The van der Waals surface area contributed by atoms with Crippen LogP contribution in [0.15, 0.2) is 48.5 Å². The Morgan fingerprint density at radius 2 is 1.37 bits per heavy atom. The number of benzene rings is 2. The lowest BCUT2D eigenvalue weighted by atomic mass is 9.79. The summed E-state index contributed by atoms with van der Waals surface area (Å²) in [5, 5.41) is 0. The van der Waals surface area contributed by atoms with Gasteiger partial charge in [-0.05, 0) is 63.0 Å². The van der Waals surface area contributed by atoms with Crippen LogP contribution in [-0.4, -0.2) is 24.9 Å². The summed E-state index contributed by atoms with van der Waals surface area (Å²) >= 11 is 0. The van der Waals surface area contributed by atoms with Crippen LogP contribution >= 0.6 is 0 Å². The highest BCUT2D eigenvalue weighted by molar-refractivity contribution is 6.62. The lowest BCUT2D eigenvalue weighted by molar-refractivity contribution is -0.0498. The summed E-state index contributed by atoms with van der Waals surface area (Å²) in [5.41, 5.74) is 1.02. The fraction of sp³-hybridized carbons (Fsp3) is 0.400. The van der Waals surface area contributed by atoms with E-state index in [0.717, 1.165) is 11.0 Å². The van der Waals surface area contributed by atoms with Gasteiger partial charge < -0.3 is 18.8 Å². The van der Waals surface area contributed by atoms with Gasteiger partial charge in [-0.1, -0.05) is 24.3 Å². The summed E-state index contributed by atoms with van der Waals surface area (Å²) < 4.78 is 46.4. The molecule has 0 atom stereocenters. The lowest BCUT2D eigenvalue weighted by Crippen LogP contribution is -2.41. The van der Waals surface area contributed by atoms with Crippen molar-refractivity contribution in [3.05, 3.63) is 54.1 Å². The standard InChI is InChI=1S/C20H23BF2O4/c1-19(2)20(3,4)27-21(26-19)15-7-11-16(12-8-15)24-13-14-5-9-17(10-6-14)25-18(22)23/h5-12,18H,13H2,1-4H3. The number of rotatable bonds is 6. The van der Waals surface area contributed by atoms with Crippen LogP contribution in [0.3, 0.4) is 0 Å².